The molecular weight excluding hydrogens is 236 g/mol. The number of benzene rings is 1. The first kappa shape index (κ1) is 13.7. The Kier molecular flexibility index (Phi) is 3.93. The summed E-state index contributed by atoms with van der Waals surface area (Å²) in [6, 6.07) is 6.37. The second-order valence-corrected chi connectivity index (χ2v) is 5.12. The third-order valence-corrected chi connectivity index (χ3v) is 3.91. The molecule has 1 heterocycles. The lowest BCUT2D eigenvalue weighted by Crippen LogP contribution is -1.99. The number of hydrogen-bond acceptors (Lipinski definition) is 3. The summed E-state index contributed by atoms with van der Waals surface area (Å²) in [5, 5.41) is 4.19. The van der Waals surface area contributed by atoms with E-state index in [1.165, 1.54) is 11.1 Å². The van der Waals surface area contributed by atoms with Crippen LogP contribution in [0.25, 0.3) is 11.1 Å². The van der Waals surface area contributed by atoms with Crippen LogP contribution in [0, 0.1) is 13.8 Å². The van der Waals surface area contributed by atoms with Gasteiger partial charge in [0.2, 0.25) is 5.88 Å². The van der Waals surface area contributed by atoms with Gasteiger partial charge in [-0.2, -0.15) is 0 Å². The van der Waals surface area contributed by atoms with Crippen molar-refractivity contribution in [1.82, 2.24) is 5.16 Å². The molecule has 0 atom stereocenters. The standard InChI is InChI=1S/C16H22N2O/c1-5-12(6-2)15-14(16(17)19-18-15)13-8-7-10(3)11(4)9-13/h7-9,12H,5-6,17H2,1-4H3. The maximum atomic E-state index is 5.98. The fraction of sp³-hybridized carbons (Fsp3) is 0.438. The van der Waals surface area contributed by atoms with E-state index in [4.69, 9.17) is 10.3 Å². The maximum absolute atomic E-state index is 5.98. The molecule has 0 unspecified atom stereocenters. The van der Waals surface area contributed by atoms with E-state index in [0.717, 1.165) is 29.7 Å². The van der Waals surface area contributed by atoms with Gasteiger partial charge >= 0.3 is 0 Å². The minimum atomic E-state index is 0.401. The largest absolute Gasteiger partial charge is 0.367 e. The van der Waals surface area contributed by atoms with Crippen molar-refractivity contribution in [2.24, 2.45) is 0 Å². The minimum absolute atomic E-state index is 0.401. The highest BCUT2D eigenvalue weighted by Crippen LogP contribution is 2.37. The van der Waals surface area contributed by atoms with Gasteiger partial charge in [0.25, 0.3) is 0 Å². The van der Waals surface area contributed by atoms with E-state index in [0.29, 0.717) is 11.8 Å². The van der Waals surface area contributed by atoms with E-state index >= 15 is 0 Å². The van der Waals surface area contributed by atoms with Gasteiger partial charge in [-0.3, -0.25) is 0 Å². The zero-order valence-electron chi connectivity index (χ0n) is 12.2. The lowest BCUT2D eigenvalue weighted by molar-refractivity contribution is 0.416. The Balaban J connectivity index is 2.54. The molecule has 102 valence electrons. The number of nitrogen functional groups attached to an aromatic ring is 1. The summed E-state index contributed by atoms with van der Waals surface area (Å²) < 4.78 is 5.23. The summed E-state index contributed by atoms with van der Waals surface area (Å²) in [5.74, 6) is 0.822. The Bertz CT molecular complexity index is 568. The van der Waals surface area contributed by atoms with Crippen LogP contribution >= 0.6 is 0 Å². The van der Waals surface area contributed by atoms with Gasteiger partial charge < -0.3 is 10.3 Å². The minimum Gasteiger partial charge on any atom is -0.367 e. The van der Waals surface area contributed by atoms with Gasteiger partial charge in [-0.25, -0.2) is 0 Å². The molecule has 0 fully saturated rings. The predicted octanol–water partition coefficient (Wildman–Crippen LogP) is 4.44. The second kappa shape index (κ2) is 5.47. The van der Waals surface area contributed by atoms with E-state index in [2.05, 4.69) is 51.1 Å². The average molecular weight is 258 g/mol. The zero-order valence-corrected chi connectivity index (χ0v) is 12.2. The Morgan fingerprint density at radius 1 is 1.16 bits per heavy atom. The first-order valence-corrected chi connectivity index (χ1v) is 6.91. The van der Waals surface area contributed by atoms with Crippen molar-refractivity contribution in [2.45, 2.75) is 46.5 Å². The highest BCUT2D eigenvalue weighted by Gasteiger charge is 2.21. The van der Waals surface area contributed by atoms with Crippen molar-refractivity contribution in [1.29, 1.82) is 0 Å². The zero-order chi connectivity index (χ0) is 14.0. The molecule has 0 saturated heterocycles. The predicted molar refractivity (Wildman–Crippen MR) is 79.1 cm³/mol. The summed E-state index contributed by atoms with van der Waals surface area (Å²) >= 11 is 0. The van der Waals surface area contributed by atoms with Crippen molar-refractivity contribution >= 4 is 5.88 Å². The van der Waals surface area contributed by atoms with Crippen LogP contribution in [-0.2, 0) is 0 Å². The number of nitrogens with zero attached hydrogens (tertiary/aromatic N) is 1. The fourth-order valence-electron chi connectivity index (χ4n) is 2.46. The quantitative estimate of drug-likeness (QED) is 0.881. The van der Waals surface area contributed by atoms with Crippen LogP contribution in [0.3, 0.4) is 0 Å². The van der Waals surface area contributed by atoms with Crippen LogP contribution in [0.15, 0.2) is 22.7 Å². The molecule has 3 nitrogen and oxygen atoms in total. The van der Waals surface area contributed by atoms with Gasteiger partial charge in [0, 0.05) is 5.92 Å². The van der Waals surface area contributed by atoms with Crippen LogP contribution in [0.5, 0.6) is 0 Å². The molecule has 0 aliphatic heterocycles. The first-order valence-electron chi connectivity index (χ1n) is 6.91. The lowest BCUT2D eigenvalue weighted by atomic mass is 9.92. The van der Waals surface area contributed by atoms with Crippen LogP contribution in [0.1, 0.15) is 49.4 Å². The van der Waals surface area contributed by atoms with Crippen molar-refractivity contribution in [2.75, 3.05) is 5.73 Å². The van der Waals surface area contributed by atoms with Crippen molar-refractivity contribution < 1.29 is 4.52 Å². The molecule has 2 rings (SSSR count). The lowest BCUT2D eigenvalue weighted by Gasteiger charge is -2.12. The van der Waals surface area contributed by atoms with Crippen LogP contribution in [-0.4, -0.2) is 5.16 Å². The monoisotopic (exact) mass is 258 g/mol. The SMILES string of the molecule is CCC(CC)c1noc(N)c1-c1ccc(C)c(C)c1. The molecule has 0 saturated carbocycles. The van der Waals surface area contributed by atoms with Crippen LogP contribution in [0.2, 0.25) is 0 Å². The van der Waals surface area contributed by atoms with Gasteiger partial charge in [0.15, 0.2) is 0 Å². The van der Waals surface area contributed by atoms with E-state index in [9.17, 15) is 0 Å². The van der Waals surface area contributed by atoms with E-state index in [1.54, 1.807) is 0 Å². The topological polar surface area (TPSA) is 52.0 Å². The summed E-state index contributed by atoms with van der Waals surface area (Å²) in [4.78, 5) is 0. The number of aryl methyl sites for hydroxylation is 2. The summed E-state index contributed by atoms with van der Waals surface area (Å²) in [7, 11) is 0. The van der Waals surface area contributed by atoms with E-state index < -0.39 is 0 Å². The van der Waals surface area contributed by atoms with Gasteiger partial charge in [-0.15, -0.1) is 0 Å². The van der Waals surface area contributed by atoms with Crippen molar-refractivity contribution in [3.63, 3.8) is 0 Å². The Hall–Kier alpha value is -1.77. The van der Waals surface area contributed by atoms with Gasteiger partial charge in [0.1, 0.15) is 0 Å². The molecule has 0 spiro atoms. The third-order valence-electron chi connectivity index (χ3n) is 3.91. The molecule has 19 heavy (non-hydrogen) atoms. The Morgan fingerprint density at radius 2 is 1.84 bits per heavy atom. The third kappa shape index (κ3) is 2.50. The molecule has 2 N–H and O–H groups in total. The molecule has 0 amide bonds. The molecule has 2 aromatic rings. The average Bonchev–Trinajstić information content (AvgIpc) is 2.77. The van der Waals surface area contributed by atoms with Gasteiger partial charge in [-0.05, 0) is 43.4 Å². The number of nitrogens with two attached hydrogens (primary N) is 1. The molecular formula is C16H22N2O. The maximum Gasteiger partial charge on any atom is 0.230 e. The molecule has 0 aliphatic rings. The molecule has 1 aromatic carbocycles. The second-order valence-electron chi connectivity index (χ2n) is 5.12. The first-order chi connectivity index (χ1) is 9.08. The van der Waals surface area contributed by atoms with E-state index in [-0.39, 0.29) is 0 Å². The summed E-state index contributed by atoms with van der Waals surface area (Å²) in [6.07, 6.45) is 2.08. The number of anilines is 1. The molecule has 3 heteroatoms. The molecule has 0 radical (unpaired) electrons. The Morgan fingerprint density at radius 3 is 2.42 bits per heavy atom. The van der Waals surface area contributed by atoms with Crippen LogP contribution in [0.4, 0.5) is 5.88 Å². The molecule has 0 bridgehead atoms. The highest BCUT2D eigenvalue weighted by atomic mass is 16.5. The van der Waals surface area contributed by atoms with Gasteiger partial charge in [-0.1, -0.05) is 37.2 Å². The Labute approximate surface area is 114 Å². The smallest absolute Gasteiger partial charge is 0.230 e. The normalized spacial score (nSPS) is 11.2. The van der Waals surface area contributed by atoms with Gasteiger partial charge in [0.05, 0.1) is 11.3 Å². The fourth-order valence-corrected chi connectivity index (χ4v) is 2.46. The number of rotatable bonds is 4. The number of hydrogen-bond donors (Lipinski definition) is 1. The van der Waals surface area contributed by atoms with Crippen molar-refractivity contribution in [3.8, 4) is 11.1 Å². The van der Waals surface area contributed by atoms with Crippen LogP contribution < -0.4 is 5.73 Å². The summed E-state index contributed by atoms with van der Waals surface area (Å²) in [5.41, 5.74) is 11.6. The highest BCUT2D eigenvalue weighted by molar-refractivity contribution is 5.76. The molecule has 1 aromatic heterocycles. The van der Waals surface area contributed by atoms with Crippen molar-refractivity contribution in [3.05, 3.63) is 35.0 Å². The van der Waals surface area contributed by atoms with E-state index in [1.807, 2.05) is 0 Å². The summed E-state index contributed by atoms with van der Waals surface area (Å²) in [6.45, 7) is 8.56. The molecule has 0 aliphatic carbocycles. The number of aromatic nitrogens is 1.